The fourth-order valence-corrected chi connectivity index (χ4v) is 4.85. The van der Waals surface area contributed by atoms with Gasteiger partial charge < -0.3 is 9.64 Å². The lowest BCUT2D eigenvalue weighted by molar-refractivity contribution is -0.132. The van der Waals surface area contributed by atoms with Crippen LogP contribution in [0.1, 0.15) is 17.2 Å². The third kappa shape index (κ3) is 4.14. The molecule has 2 aliphatic heterocycles. The zero-order chi connectivity index (χ0) is 19.0. The summed E-state index contributed by atoms with van der Waals surface area (Å²) in [6, 6.07) is 16.5. The van der Waals surface area contributed by atoms with Crippen LogP contribution < -0.4 is 4.74 Å². The summed E-state index contributed by atoms with van der Waals surface area (Å²) < 4.78 is 5.76. The first-order chi connectivity index (χ1) is 13.0. The number of halogens is 2. The van der Waals surface area contributed by atoms with E-state index in [1.807, 2.05) is 24.0 Å². The van der Waals surface area contributed by atoms with E-state index in [4.69, 9.17) is 16.3 Å². The number of likely N-dealkylation sites (tertiary alicyclic amines) is 2. The van der Waals surface area contributed by atoms with Crippen LogP contribution >= 0.6 is 24.0 Å². The first kappa shape index (κ1) is 21.0. The summed E-state index contributed by atoms with van der Waals surface area (Å²) in [5, 5.41) is 0.676. The molecule has 0 radical (unpaired) electrons. The number of fused-ring (bicyclic) bond motifs is 1. The molecular weight excluding hydrogens is 395 g/mol. The van der Waals surface area contributed by atoms with Gasteiger partial charge in [-0.2, -0.15) is 0 Å². The van der Waals surface area contributed by atoms with Gasteiger partial charge in [0.25, 0.3) is 5.91 Å². The van der Waals surface area contributed by atoms with Gasteiger partial charge in [-0.15, -0.1) is 12.4 Å². The number of nitrogens with zero attached hydrogens (tertiary/aromatic N) is 2. The first-order valence-electron chi connectivity index (χ1n) is 9.45. The molecule has 3 atom stereocenters. The van der Waals surface area contributed by atoms with E-state index in [1.165, 1.54) is 5.56 Å². The minimum absolute atomic E-state index is 0. The molecule has 2 heterocycles. The van der Waals surface area contributed by atoms with Gasteiger partial charge in [-0.05, 0) is 49.2 Å². The zero-order valence-electron chi connectivity index (χ0n) is 16.2. The summed E-state index contributed by atoms with van der Waals surface area (Å²) in [4.78, 5) is 17.1. The van der Waals surface area contributed by atoms with Crippen molar-refractivity contribution in [2.24, 2.45) is 11.8 Å². The molecule has 2 aromatic rings. The van der Waals surface area contributed by atoms with E-state index in [0.717, 1.165) is 25.2 Å². The maximum absolute atomic E-state index is 12.7. The summed E-state index contributed by atoms with van der Waals surface area (Å²) in [5.74, 6) is 1.79. The number of aryl methyl sites for hydroxylation is 1. The van der Waals surface area contributed by atoms with Crippen LogP contribution in [0.3, 0.4) is 0 Å². The highest BCUT2D eigenvalue weighted by atomic mass is 35.5. The number of carbonyl (C=O) groups excluding carboxylic acids is 1. The van der Waals surface area contributed by atoms with Crippen molar-refractivity contribution in [3.05, 3.63) is 64.7 Å². The van der Waals surface area contributed by atoms with Crippen LogP contribution in [-0.4, -0.2) is 49.0 Å². The van der Waals surface area contributed by atoms with Gasteiger partial charge in [-0.25, -0.2) is 0 Å². The van der Waals surface area contributed by atoms with Gasteiger partial charge in [0.15, 0.2) is 6.61 Å². The van der Waals surface area contributed by atoms with Crippen molar-refractivity contribution in [2.45, 2.75) is 13.0 Å². The highest BCUT2D eigenvalue weighted by molar-refractivity contribution is 6.30. The van der Waals surface area contributed by atoms with Crippen molar-refractivity contribution < 1.29 is 9.53 Å². The Bertz CT molecular complexity index is 831. The molecule has 0 spiro atoms. The Morgan fingerprint density at radius 3 is 2.61 bits per heavy atom. The van der Waals surface area contributed by atoms with Gasteiger partial charge in [-0.1, -0.05) is 41.9 Å². The van der Waals surface area contributed by atoms with E-state index >= 15 is 0 Å². The van der Waals surface area contributed by atoms with Crippen LogP contribution in [0.4, 0.5) is 0 Å². The average Bonchev–Trinajstić information content (AvgIpc) is 3.18. The number of rotatable bonds is 4. The van der Waals surface area contributed by atoms with E-state index in [9.17, 15) is 4.79 Å². The summed E-state index contributed by atoms with van der Waals surface area (Å²) in [5.41, 5.74) is 2.29. The predicted octanol–water partition coefficient (Wildman–Crippen LogP) is 4.21. The molecule has 6 heteroatoms. The molecule has 0 N–H and O–H groups in total. The van der Waals surface area contributed by atoms with Crippen molar-refractivity contribution in [3.8, 4) is 5.75 Å². The molecule has 2 aromatic carbocycles. The third-order valence-electron chi connectivity index (χ3n) is 5.88. The second kappa shape index (κ2) is 8.73. The van der Waals surface area contributed by atoms with Crippen LogP contribution in [0.25, 0.3) is 0 Å². The summed E-state index contributed by atoms with van der Waals surface area (Å²) >= 11 is 5.98. The number of ether oxygens (including phenoxy) is 1. The van der Waals surface area contributed by atoms with Crippen LogP contribution in [-0.2, 0) is 4.79 Å². The second-order valence-electron chi connectivity index (χ2n) is 7.72. The van der Waals surface area contributed by atoms with Gasteiger partial charge in [0.2, 0.25) is 0 Å². The number of carbonyl (C=O) groups is 1. The van der Waals surface area contributed by atoms with Crippen molar-refractivity contribution in [1.82, 2.24) is 9.80 Å². The maximum Gasteiger partial charge on any atom is 0.260 e. The first-order valence-corrected chi connectivity index (χ1v) is 9.82. The molecule has 0 unspecified atom stereocenters. The molecule has 0 bridgehead atoms. The quantitative estimate of drug-likeness (QED) is 0.742. The van der Waals surface area contributed by atoms with E-state index in [2.05, 4.69) is 42.3 Å². The topological polar surface area (TPSA) is 32.8 Å². The largest absolute Gasteiger partial charge is 0.483 e. The van der Waals surface area contributed by atoms with Gasteiger partial charge >= 0.3 is 0 Å². The molecular formula is C22H26Cl2N2O2. The molecule has 1 amide bonds. The summed E-state index contributed by atoms with van der Waals surface area (Å²) in [6.45, 7) is 4.67. The second-order valence-corrected chi connectivity index (χ2v) is 8.15. The lowest BCUT2D eigenvalue weighted by atomic mass is 9.90. The Kier molecular flexibility index (Phi) is 6.54. The Morgan fingerprint density at radius 2 is 1.89 bits per heavy atom. The lowest BCUT2D eigenvalue weighted by Gasteiger charge is -2.27. The van der Waals surface area contributed by atoms with Crippen LogP contribution in [0, 0.1) is 18.8 Å². The smallest absolute Gasteiger partial charge is 0.260 e. The van der Waals surface area contributed by atoms with E-state index in [0.29, 0.717) is 28.6 Å². The Hall–Kier alpha value is -1.75. The number of hydrogen-bond donors (Lipinski definition) is 0. The van der Waals surface area contributed by atoms with Gasteiger partial charge in [0.05, 0.1) is 0 Å². The number of hydrogen-bond acceptors (Lipinski definition) is 3. The van der Waals surface area contributed by atoms with E-state index < -0.39 is 0 Å². The molecule has 4 rings (SSSR count). The molecule has 0 aliphatic carbocycles. The summed E-state index contributed by atoms with van der Waals surface area (Å²) in [7, 11) is 2.19. The van der Waals surface area contributed by atoms with Gasteiger partial charge in [-0.3, -0.25) is 9.69 Å². The Morgan fingerprint density at radius 1 is 1.14 bits per heavy atom. The van der Waals surface area contributed by atoms with E-state index in [1.54, 1.807) is 6.07 Å². The molecule has 0 aromatic heterocycles. The normalized spacial score (nSPS) is 24.0. The molecule has 4 nitrogen and oxygen atoms in total. The lowest BCUT2D eigenvalue weighted by Crippen LogP contribution is -2.36. The fraction of sp³-hybridized carbons (Fsp3) is 0.409. The Balaban J connectivity index is 0.00000225. The van der Waals surface area contributed by atoms with Crippen LogP contribution in [0.5, 0.6) is 5.75 Å². The zero-order valence-corrected chi connectivity index (χ0v) is 17.7. The number of benzene rings is 2. The monoisotopic (exact) mass is 420 g/mol. The summed E-state index contributed by atoms with van der Waals surface area (Å²) in [6.07, 6.45) is 0. The molecule has 150 valence electrons. The highest BCUT2D eigenvalue weighted by Crippen LogP contribution is 2.43. The van der Waals surface area contributed by atoms with Crippen LogP contribution in [0.2, 0.25) is 5.02 Å². The Labute approximate surface area is 177 Å². The van der Waals surface area contributed by atoms with Crippen molar-refractivity contribution in [3.63, 3.8) is 0 Å². The fourth-order valence-electron chi connectivity index (χ4n) is 4.62. The standard InChI is InChI=1S/C22H25ClN2O2.ClH/c1-15-10-18(23)8-9-20(15)27-14-21(26)25-12-17-11-24(2)22(19(17)13-25)16-6-4-3-5-7-16;/h3-10,17,19,22H,11-14H2,1-2H3;1H/t17-,19+,22-;/m0./s1. The average molecular weight is 421 g/mol. The molecule has 2 fully saturated rings. The highest BCUT2D eigenvalue weighted by Gasteiger charge is 2.47. The van der Waals surface area contributed by atoms with Gasteiger partial charge in [0, 0.05) is 36.6 Å². The minimum atomic E-state index is 0. The predicted molar refractivity (Wildman–Crippen MR) is 114 cm³/mol. The van der Waals surface area contributed by atoms with Crippen molar-refractivity contribution in [1.29, 1.82) is 0 Å². The van der Waals surface area contributed by atoms with Crippen molar-refractivity contribution >= 4 is 29.9 Å². The molecule has 28 heavy (non-hydrogen) atoms. The third-order valence-corrected chi connectivity index (χ3v) is 6.11. The van der Waals surface area contributed by atoms with Gasteiger partial charge in [0.1, 0.15) is 5.75 Å². The molecule has 2 saturated heterocycles. The SMILES string of the molecule is Cc1cc(Cl)ccc1OCC(=O)N1C[C@@H]2CN(C)[C@@H](c3ccccc3)[C@@H]2C1.Cl. The maximum atomic E-state index is 12.7. The van der Waals surface area contributed by atoms with E-state index in [-0.39, 0.29) is 24.9 Å². The van der Waals surface area contributed by atoms with Crippen molar-refractivity contribution in [2.75, 3.05) is 33.3 Å². The minimum Gasteiger partial charge on any atom is -0.483 e. The molecule has 2 aliphatic rings. The van der Waals surface area contributed by atoms with Crippen LogP contribution in [0.15, 0.2) is 48.5 Å². The molecule has 0 saturated carbocycles. The number of amides is 1.